The number of aliphatic hydroxyl groups excluding tert-OH is 1. The molecule has 0 radical (unpaired) electrons. The second-order valence-corrected chi connectivity index (χ2v) is 6.36. The Morgan fingerprint density at radius 2 is 2.22 bits per heavy atom. The van der Waals surface area contributed by atoms with Crippen LogP contribution in [-0.4, -0.2) is 23.7 Å². The molecule has 0 spiro atoms. The first kappa shape index (κ1) is 13.3. The van der Waals surface area contributed by atoms with Gasteiger partial charge < -0.3 is 5.11 Å². The molecule has 0 aliphatic carbocycles. The smallest absolute Gasteiger partial charge is 0.279 e. The number of hydrogen-bond donors (Lipinski definition) is 3. The summed E-state index contributed by atoms with van der Waals surface area (Å²) in [5.41, 5.74) is 0.688. The Labute approximate surface area is 118 Å². The van der Waals surface area contributed by atoms with E-state index in [0.29, 0.717) is 5.69 Å². The highest BCUT2D eigenvalue weighted by Crippen LogP contribution is 2.18. The van der Waals surface area contributed by atoms with E-state index in [1.165, 1.54) is 6.20 Å². The predicted octanol–water partition coefficient (Wildman–Crippen LogP) is 1.31. The Morgan fingerprint density at radius 3 is 2.89 bits per heavy atom. The average Bonchev–Trinajstić information content (AvgIpc) is 2.77. The summed E-state index contributed by atoms with van der Waals surface area (Å²) < 4.78 is 27.5. The molecule has 0 amide bonds. The van der Waals surface area contributed by atoms with Gasteiger partial charge in [-0.2, -0.15) is 13.5 Å². The number of H-pyrrole nitrogens is 1. The van der Waals surface area contributed by atoms with Crippen molar-refractivity contribution in [2.45, 2.75) is 11.6 Å². The number of halogens is 1. The molecule has 8 heteroatoms. The maximum absolute atomic E-state index is 12.1. The molecule has 0 fully saturated rings. The fraction of sp³-hybridized carbons (Fsp3) is 0.100. The average molecular weight is 379 g/mol. The molecule has 0 atom stereocenters. The van der Waals surface area contributed by atoms with E-state index >= 15 is 0 Å². The van der Waals surface area contributed by atoms with Gasteiger partial charge in [-0.15, -0.1) is 0 Å². The molecular weight excluding hydrogens is 369 g/mol. The van der Waals surface area contributed by atoms with Gasteiger partial charge in [0.15, 0.2) is 5.03 Å². The molecule has 0 unspecified atom stereocenters. The van der Waals surface area contributed by atoms with Gasteiger partial charge in [0, 0.05) is 14.8 Å². The highest BCUT2D eigenvalue weighted by atomic mass is 127. The molecule has 18 heavy (non-hydrogen) atoms. The first-order chi connectivity index (χ1) is 8.53. The van der Waals surface area contributed by atoms with Crippen LogP contribution in [-0.2, 0) is 16.6 Å². The van der Waals surface area contributed by atoms with Crippen molar-refractivity contribution in [1.29, 1.82) is 0 Å². The van der Waals surface area contributed by atoms with Gasteiger partial charge in [0.25, 0.3) is 10.0 Å². The molecule has 0 bridgehead atoms. The lowest BCUT2D eigenvalue weighted by atomic mass is 10.3. The number of anilines is 1. The van der Waals surface area contributed by atoms with Gasteiger partial charge in [-0.1, -0.05) is 6.07 Å². The van der Waals surface area contributed by atoms with Gasteiger partial charge >= 0.3 is 0 Å². The molecular formula is C10H10IN3O3S. The Kier molecular flexibility index (Phi) is 3.88. The summed E-state index contributed by atoms with van der Waals surface area (Å²) in [6.07, 6.45) is 1.28. The number of hydrogen-bond acceptors (Lipinski definition) is 4. The zero-order valence-corrected chi connectivity index (χ0v) is 12.1. The second-order valence-electron chi connectivity index (χ2n) is 3.50. The molecule has 3 N–H and O–H groups in total. The van der Waals surface area contributed by atoms with Crippen molar-refractivity contribution in [3.63, 3.8) is 0 Å². The maximum Gasteiger partial charge on any atom is 0.279 e. The quantitative estimate of drug-likeness (QED) is 0.699. The van der Waals surface area contributed by atoms with Gasteiger partial charge in [0.05, 0.1) is 12.8 Å². The van der Waals surface area contributed by atoms with E-state index in [-0.39, 0.29) is 17.2 Å². The lowest BCUT2D eigenvalue weighted by Crippen LogP contribution is -2.15. The zero-order chi connectivity index (χ0) is 13.2. The normalized spacial score (nSPS) is 11.4. The van der Waals surface area contributed by atoms with Crippen molar-refractivity contribution < 1.29 is 13.5 Å². The van der Waals surface area contributed by atoms with E-state index in [9.17, 15) is 8.42 Å². The van der Waals surface area contributed by atoms with Crippen LogP contribution in [0.3, 0.4) is 0 Å². The topological polar surface area (TPSA) is 95.1 Å². The largest absolute Gasteiger partial charge is 0.392 e. The highest BCUT2D eigenvalue weighted by molar-refractivity contribution is 14.1. The number of aromatic amines is 1. The lowest BCUT2D eigenvalue weighted by Gasteiger charge is -2.07. The van der Waals surface area contributed by atoms with Crippen molar-refractivity contribution in [2.75, 3.05) is 4.72 Å². The van der Waals surface area contributed by atoms with E-state index in [2.05, 4.69) is 37.5 Å². The lowest BCUT2D eigenvalue weighted by molar-refractivity contribution is 0.278. The summed E-state index contributed by atoms with van der Waals surface area (Å²) in [6, 6.07) is 6.95. The van der Waals surface area contributed by atoms with Gasteiger partial charge in [-0.05, 0) is 40.8 Å². The predicted molar refractivity (Wildman–Crippen MR) is 74.5 cm³/mol. The molecule has 1 heterocycles. The molecule has 6 nitrogen and oxygen atoms in total. The SMILES string of the molecule is O=S(=O)(Nc1cccc(I)c1)c1[nH]ncc1CO. The van der Waals surface area contributed by atoms with E-state index < -0.39 is 10.0 Å². The van der Waals surface area contributed by atoms with Crippen molar-refractivity contribution in [2.24, 2.45) is 0 Å². The summed E-state index contributed by atoms with van der Waals surface area (Å²) in [6.45, 7) is -0.390. The number of aliphatic hydroxyl groups is 1. The van der Waals surface area contributed by atoms with Crippen LogP contribution in [0.1, 0.15) is 5.56 Å². The fourth-order valence-electron chi connectivity index (χ4n) is 1.40. The summed E-state index contributed by atoms with van der Waals surface area (Å²) >= 11 is 2.09. The van der Waals surface area contributed by atoms with Gasteiger partial charge in [0.2, 0.25) is 0 Å². The van der Waals surface area contributed by atoms with Crippen molar-refractivity contribution >= 4 is 38.3 Å². The van der Waals surface area contributed by atoms with Crippen LogP contribution in [0.2, 0.25) is 0 Å². The molecule has 2 aromatic rings. The third-order valence-electron chi connectivity index (χ3n) is 2.19. The van der Waals surface area contributed by atoms with Crippen LogP contribution in [0.25, 0.3) is 0 Å². The van der Waals surface area contributed by atoms with Gasteiger partial charge in [-0.25, -0.2) is 0 Å². The van der Waals surface area contributed by atoms with Crippen LogP contribution < -0.4 is 4.72 Å². The number of aromatic nitrogens is 2. The molecule has 0 saturated heterocycles. The monoisotopic (exact) mass is 379 g/mol. The van der Waals surface area contributed by atoms with Crippen LogP contribution in [0.15, 0.2) is 35.5 Å². The minimum Gasteiger partial charge on any atom is -0.392 e. The minimum atomic E-state index is -3.76. The summed E-state index contributed by atoms with van der Waals surface area (Å²) in [5.74, 6) is 0. The summed E-state index contributed by atoms with van der Waals surface area (Å²) in [5, 5.41) is 14.9. The van der Waals surface area contributed by atoms with Crippen LogP contribution in [0.5, 0.6) is 0 Å². The highest BCUT2D eigenvalue weighted by Gasteiger charge is 2.20. The first-order valence-corrected chi connectivity index (χ1v) is 7.50. The van der Waals surface area contributed by atoms with E-state index in [4.69, 9.17) is 5.11 Å². The molecule has 96 valence electrons. The second kappa shape index (κ2) is 5.24. The van der Waals surface area contributed by atoms with Crippen molar-refractivity contribution in [1.82, 2.24) is 10.2 Å². The summed E-state index contributed by atoms with van der Waals surface area (Å²) in [7, 11) is -3.76. The molecule has 0 aliphatic heterocycles. The Hall–Kier alpha value is -1.13. The van der Waals surface area contributed by atoms with E-state index in [0.717, 1.165) is 3.57 Å². The number of nitrogens with zero attached hydrogens (tertiary/aromatic N) is 1. The number of nitrogens with one attached hydrogen (secondary N) is 2. The Morgan fingerprint density at radius 1 is 1.44 bits per heavy atom. The van der Waals surface area contributed by atoms with E-state index in [1.807, 2.05) is 6.07 Å². The number of sulfonamides is 1. The standard InChI is InChI=1S/C10H10IN3O3S/c11-8-2-1-3-9(4-8)14-18(16,17)10-7(6-15)5-12-13-10/h1-5,14-15H,6H2,(H,12,13). The Bertz CT molecular complexity index is 654. The molecule has 0 aliphatic rings. The van der Waals surface area contributed by atoms with Gasteiger partial charge in [0.1, 0.15) is 0 Å². The van der Waals surface area contributed by atoms with E-state index in [1.54, 1.807) is 18.2 Å². The minimum absolute atomic E-state index is 0.121. The third kappa shape index (κ3) is 2.82. The first-order valence-electron chi connectivity index (χ1n) is 4.94. The van der Waals surface area contributed by atoms with Crippen LogP contribution in [0.4, 0.5) is 5.69 Å². The van der Waals surface area contributed by atoms with Crippen LogP contribution >= 0.6 is 22.6 Å². The van der Waals surface area contributed by atoms with Crippen LogP contribution in [0, 0.1) is 3.57 Å². The zero-order valence-electron chi connectivity index (χ0n) is 9.09. The molecule has 0 saturated carbocycles. The number of benzene rings is 1. The van der Waals surface area contributed by atoms with Crippen molar-refractivity contribution in [3.8, 4) is 0 Å². The number of rotatable bonds is 4. The molecule has 2 rings (SSSR count). The Balaban J connectivity index is 2.33. The maximum atomic E-state index is 12.1. The molecule has 1 aromatic heterocycles. The van der Waals surface area contributed by atoms with Crippen molar-refractivity contribution in [3.05, 3.63) is 39.6 Å². The van der Waals surface area contributed by atoms with Gasteiger partial charge in [-0.3, -0.25) is 9.82 Å². The third-order valence-corrected chi connectivity index (χ3v) is 4.26. The summed E-state index contributed by atoms with van der Waals surface area (Å²) in [4.78, 5) is 0. The molecule has 1 aromatic carbocycles. The fourth-order valence-corrected chi connectivity index (χ4v) is 3.12.